The van der Waals surface area contributed by atoms with Crippen LogP contribution >= 0.6 is 0 Å². The van der Waals surface area contributed by atoms with Crippen molar-refractivity contribution in [2.45, 2.75) is 62.8 Å². The van der Waals surface area contributed by atoms with Crippen LogP contribution < -0.4 is 9.64 Å². The van der Waals surface area contributed by atoms with Gasteiger partial charge in [-0.3, -0.25) is 9.69 Å². The topological polar surface area (TPSA) is 106 Å². The largest absolute Gasteiger partial charge is 0.482 e. The van der Waals surface area contributed by atoms with Crippen molar-refractivity contribution in [1.82, 2.24) is 14.4 Å². The number of sulfonamides is 1. The first kappa shape index (κ1) is 20.4. The minimum absolute atomic E-state index is 0.156. The summed E-state index contributed by atoms with van der Waals surface area (Å²) in [6, 6.07) is 3.26. The number of nitrogens with zero attached hydrogens (tertiary/aromatic N) is 4. The summed E-state index contributed by atoms with van der Waals surface area (Å²) in [7, 11) is -3.63. The van der Waals surface area contributed by atoms with Crippen LogP contribution in [0, 0.1) is 6.92 Å². The van der Waals surface area contributed by atoms with Crippen LogP contribution in [0.3, 0.4) is 0 Å². The summed E-state index contributed by atoms with van der Waals surface area (Å²) in [5.74, 6) is 1.54. The van der Waals surface area contributed by atoms with Gasteiger partial charge in [0.05, 0.1) is 17.1 Å². The summed E-state index contributed by atoms with van der Waals surface area (Å²) >= 11 is 0. The van der Waals surface area contributed by atoms with Gasteiger partial charge in [-0.15, -0.1) is 0 Å². The van der Waals surface area contributed by atoms with Crippen LogP contribution in [0.15, 0.2) is 21.6 Å². The third-order valence-electron chi connectivity index (χ3n) is 6.09. The number of ether oxygens (including phenoxy) is 1. The van der Waals surface area contributed by atoms with Crippen molar-refractivity contribution in [3.63, 3.8) is 0 Å². The average molecular weight is 447 g/mol. The first-order valence-corrected chi connectivity index (χ1v) is 12.3. The number of fused-ring (bicyclic) bond motifs is 1. The van der Waals surface area contributed by atoms with E-state index in [0.717, 1.165) is 38.5 Å². The first-order chi connectivity index (χ1) is 14.9. The summed E-state index contributed by atoms with van der Waals surface area (Å²) in [6.07, 6.45) is 5.94. The van der Waals surface area contributed by atoms with E-state index in [1.165, 1.54) is 4.90 Å². The number of anilines is 1. The molecule has 0 spiro atoms. The molecule has 0 radical (unpaired) electrons. The van der Waals surface area contributed by atoms with Gasteiger partial charge >= 0.3 is 0 Å². The highest BCUT2D eigenvalue weighted by molar-refractivity contribution is 7.89. The Balaban J connectivity index is 1.45. The lowest BCUT2D eigenvalue weighted by Crippen LogP contribution is -2.39. The van der Waals surface area contributed by atoms with Crippen molar-refractivity contribution in [3.05, 3.63) is 29.4 Å². The van der Waals surface area contributed by atoms with Crippen LogP contribution in [0.5, 0.6) is 5.75 Å². The highest BCUT2D eigenvalue weighted by Crippen LogP contribution is 2.40. The Morgan fingerprint density at radius 2 is 1.87 bits per heavy atom. The van der Waals surface area contributed by atoms with Crippen molar-refractivity contribution >= 4 is 21.6 Å². The standard InChI is InChI=1S/C21H26N4O5S/c1-14-10-16-17(11-18(14)31(27,28)24-8-4-2-3-5-9-24)29-13-20(26)25(16)12-19-22-21(30-23-19)15-6-7-15/h10-11,15H,2-9,12-13H2,1H3. The monoisotopic (exact) mass is 446 g/mol. The van der Waals surface area contributed by atoms with Gasteiger partial charge in [-0.1, -0.05) is 18.0 Å². The van der Waals surface area contributed by atoms with E-state index in [-0.39, 0.29) is 24.0 Å². The number of carbonyl (C=O) groups is 1. The molecular formula is C21H26N4O5S. The number of aromatic nitrogens is 2. The van der Waals surface area contributed by atoms with E-state index < -0.39 is 10.0 Å². The van der Waals surface area contributed by atoms with E-state index in [1.807, 2.05) is 0 Å². The number of hydrogen-bond acceptors (Lipinski definition) is 7. The third kappa shape index (κ3) is 3.94. The van der Waals surface area contributed by atoms with E-state index >= 15 is 0 Å². The fourth-order valence-electron chi connectivity index (χ4n) is 4.17. The summed E-state index contributed by atoms with van der Waals surface area (Å²) in [5, 5.41) is 4.00. The maximum Gasteiger partial charge on any atom is 0.265 e. The highest BCUT2D eigenvalue weighted by Gasteiger charge is 2.34. The molecule has 5 rings (SSSR count). The summed E-state index contributed by atoms with van der Waals surface area (Å²) in [6.45, 7) is 2.81. The fourth-order valence-corrected chi connectivity index (χ4v) is 5.91. The molecule has 1 aromatic heterocycles. The Morgan fingerprint density at radius 3 is 2.58 bits per heavy atom. The molecule has 31 heavy (non-hydrogen) atoms. The molecule has 10 heteroatoms. The van der Waals surface area contributed by atoms with Crippen LogP contribution in [-0.2, 0) is 21.4 Å². The third-order valence-corrected chi connectivity index (χ3v) is 8.13. The summed E-state index contributed by atoms with van der Waals surface area (Å²) < 4.78 is 39.1. The quantitative estimate of drug-likeness (QED) is 0.695. The number of aryl methyl sites for hydroxylation is 1. The number of amides is 1. The van der Waals surface area contributed by atoms with Crippen LogP contribution in [0.25, 0.3) is 0 Å². The highest BCUT2D eigenvalue weighted by atomic mass is 32.2. The molecular weight excluding hydrogens is 420 g/mol. The van der Waals surface area contributed by atoms with Gasteiger partial charge in [0.2, 0.25) is 15.9 Å². The molecule has 9 nitrogen and oxygen atoms in total. The number of carbonyl (C=O) groups excluding carboxylic acids is 1. The maximum atomic E-state index is 13.3. The fraction of sp³-hybridized carbons (Fsp3) is 0.571. The van der Waals surface area contributed by atoms with Crippen LogP contribution in [0.1, 0.15) is 61.7 Å². The Bertz CT molecular complexity index is 1100. The number of hydrogen-bond donors (Lipinski definition) is 0. The van der Waals surface area contributed by atoms with Gasteiger partial charge in [0.1, 0.15) is 5.75 Å². The van der Waals surface area contributed by atoms with E-state index in [2.05, 4.69) is 10.1 Å². The van der Waals surface area contributed by atoms with Crippen molar-refractivity contribution < 1.29 is 22.5 Å². The molecule has 166 valence electrons. The second-order valence-corrected chi connectivity index (χ2v) is 10.4. The van der Waals surface area contributed by atoms with Gasteiger partial charge in [0, 0.05) is 25.1 Å². The van der Waals surface area contributed by atoms with Crippen LogP contribution in [-0.4, -0.2) is 48.5 Å². The van der Waals surface area contributed by atoms with Gasteiger partial charge in [-0.05, 0) is 44.2 Å². The Kier molecular flexibility index (Phi) is 5.21. The summed E-state index contributed by atoms with van der Waals surface area (Å²) in [5.41, 5.74) is 1.11. The molecule has 3 heterocycles. The molecule has 3 aliphatic rings. The molecule has 0 bridgehead atoms. The molecule has 2 fully saturated rings. The first-order valence-electron chi connectivity index (χ1n) is 10.8. The lowest BCUT2D eigenvalue weighted by Gasteiger charge is -2.30. The normalized spacial score (nSPS) is 20.3. The number of rotatable bonds is 5. The lowest BCUT2D eigenvalue weighted by atomic mass is 10.1. The van der Waals surface area contributed by atoms with E-state index in [4.69, 9.17) is 9.26 Å². The Hall–Kier alpha value is -2.46. The van der Waals surface area contributed by atoms with Crippen molar-refractivity contribution in [3.8, 4) is 5.75 Å². The molecule has 1 amide bonds. The van der Waals surface area contributed by atoms with Crippen molar-refractivity contribution in [1.29, 1.82) is 0 Å². The molecule has 1 saturated heterocycles. The maximum absolute atomic E-state index is 13.3. The molecule has 2 aromatic rings. The minimum Gasteiger partial charge on any atom is -0.482 e. The zero-order valence-corrected chi connectivity index (χ0v) is 18.4. The molecule has 0 N–H and O–H groups in total. The Labute approximate surface area is 181 Å². The lowest BCUT2D eigenvalue weighted by molar-refractivity contribution is -0.121. The zero-order valence-electron chi connectivity index (χ0n) is 17.5. The van der Waals surface area contributed by atoms with Crippen LogP contribution in [0.4, 0.5) is 5.69 Å². The smallest absolute Gasteiger partial charge is 0.265 e. The molecule has 1 saturated carbocycles. The zero-order chi connectivity index (χ0) is 21.6. The van der Waals surface area contributed by atoms with E-state index in [9.17, 15) is 13.2 Å². The SMILES string of the molecule is Cc1cc2c(cc1S(=O)(=O)N1CCCCCC1)OCC(=O)N2Cc1noc(C2CC2)n1. The molecule has 1 aromatic carbocycles. The van der Waals surface area contributed by atoms with Gasteiger partial charge in [0.15, 0.2) is 12.4 Å². The van der Waals surface area contributed by atoms with Gasteiger partial charge < -0.3 is 9.26 Å². The summed E-state index contributed by atoms with van der Waals surface area (Å²) in [4.78, 5) is 18.8. The van der Waals surface area contributed by atoms with Gasteiger partial charge in [-0.2, -0.15) is 9.29 Å². The van der Waals surface area contributed by atoms with Crippen molar-refractivity contribution in [2.24, 2.45) is 0 Å². The molecule has 0 atom stereocenters. The van der Waals surface area contributed by atoms with Gasteiger partial charge in [-0.25, -0.2) is 8.42 Å². The number of benzene rings is 1. The van der Waals surface area contributed by atoms with E-state index in [1.54, 1.807) is 23.4 Å². The second-order valence-electron chi connectivity index (χ2n) is 8.50. The average Bonchev–Trinajstić information content (AvgIpc) is 3.54. The van der Waals surface area contributed by atoms with Crippen molar-refractivity contribution in [2.75, 3.05) is 24.6 Å². The van der Waals surface area contributed by atoms with Crippen LogP contribution in [0.2, 0.25) is 0 Å². The Morgan fingerprint density at radius 1 is 1.13 bits per heavy atom. The predicted octanol–water partition coefficient (Wildman–Crippen LogP) is 2.75. The van der Waals surface area contributed by atoms with E-state index in [0.29, 0.717) is 47.7 Å². The molecule has 0 unspecified atom stereocenters. The van der Waals surface area contributed by atoms with Gasteiger partial charge in [0.25, 0.3) is 5.91 Å². The minimum atomic E-state index is -3.63. The molecule has 1 aliphatic carbocycles. The predicted molar refractivity (Wildman–Crippen MR) is 111 cm³/mol. The molecule has 2 aliphatic heterocycles. The second kappa shape index (κ2) is 7.90.